The molecule has 1 aromatic heterocycles. The van der Waals surface area contributed by atoms with E-state index in [4.69, 9.17) is 9.47 Å². The lowest BCUT2D eigenvalue weighted by Crippen LogP contribution is -2.52. The molecule has 40 heavy (non-hydrogen) atoms. The summed E-state index contributed by atoms with van der Waals surface area (Å²) in [4.78, 5) is 59.6. The Morgan fingerprint density at radius 1 is 1.02 bits per heavy atom. The fraction of sp³-hybridized carbons (Fsp3) is 0.536. The van der Waals surface area contributed by atoms with Gasteiger partial charge >= 0.3 is 6.09 Å². The molecule has 4 amide bonds. The van der Waals surface area contributed by atoms with Crippen LogP contribution in [0.5, 0.6) is 5.75 Å². The van der Waals surface area contributed by atoms with Gasteiger partial charge in [-0.2, -0.15) is 0 Å². The summed E-state index contributed by atoms with van der Waals surface area (Å²) in [5, 5.41) is 13.0. The Morgan fingerprint density at radius 2 is 1.77 bits per heavy atom. The molecule has 0 bridgehead atoms. The van der Waals surface area contributed by atoms with Crippen LogP contribution in [0.2, 0.25) is 0 Å². The zero-order valence-corrected chi connectivity index (χ0v) is 23.1. The molecule has 12 nitrogen and oxygen atoms in total. The van der Waals surface area contributed by atoms with Crippen molar-refractivity contribution in [3.8, 4) is 5.75 Å². The van der Waals surface area contributed by atoms with Gasteiger partial charge in [0.1, 0.15) is 11.4 Å². The van der Waals surface area contributed by atoms with Gasteiger partial charge in [0.25, 0.3) is 11.8 Å². The van der Waals surface area contributed by atoms with Crippen molar-refractivity contribution in [3.63, 3.8) is 0 Å². The fourth-order valence-electron chi connectivity index (χ4n) is 4.63. The zero-order chi connectivity index (χ0) is 28.6. The molecule has 12 heteroatoms. The van der Waals surface area contributed by atoms with Crippen molar-refractivity contribution < 1.29 is 33.8 Å². The van der Waals surface area contributed by atoms with Crippen LogP contribution in [0.15, 0.2) is 24.3 Å². The summed E-state index contributed by atoms with van der Waals surface area (Å²) >= 11 is 0. The van der Waals surface area contributed by atoms with Crippen molar-refractivity contribution in [2.75, 3.05) is 59.0 Å². The fourth-order valence-corrected chi connectivity index (χ4v) is 4.63. The maximum atomic E-state index is 13.0. The minimum Gasteiger partial charge on any atom is -0.483 e. The smallest absolute Gasteiger partial charge is 0.409 e. The predicted octanol–water partition coefficient (Wildman–Crippen LogP) is 1.33. The number of hydrogen-bond acceptors (Lipinski definition) is 8. The van der Waals surface area contributed by atoms with E-state index in [2.05, 4.69) is 10.3 Å². The number of fused-ring (bicyclic) bond motifs is 1. The van der Waals surface area contributed by atoms with Crippen molar-refractivity contribution in [2.45, 2.75) is 39.2 Å². The summed E-state index contributed by atoms with van der Waals surface area (Å²) < 4.78 is 11.1. The zero-order valence-electron chi connectivity index (χ0n) is 23.1. The first kappa shape index (κ1) is 29.1. The third kappa shape index (κ3) is 7.38. The number of nitrogens with zero attached hydrogens (tertiary/aromatic N) is 4. The van der Waals surface area contributed by atoms with Crippen LogP contribution in [0.1, 0.15) is 42.2 Å². The highest BCUT2D eigenvalue weighted by Crippen LogP contribution is 2.27. The van der Waals surface area contributed by atoms with E-state index < -0.39 is 12.0 Å². The summed E-state index contributed by atoms with van der Waals surface area (Å²) in [5.74, 6) is -0.733. The summed E-state index contributed by atoms with van der Waals surface area (Å²) in [7, 11) is 0. The van der Waals surface area contributed by atoms with Gasteiger partial charge in [-0.25, -0.2) is 9.78 Å². The van der Waals surface area contributed by atoms with Crippen LogP contribution in [0.25, 0.3) is 10.9 Å². The number of aromatic nitrogens is 1. The Balaban J connectivity index is 1.34. The van der Waals surface area contributed by atoms with Gasteiger partial charge in [-0.05, 0) is 37.5 Å². The van der Waals surface area contributed by atoms with Crippen LogP contribution in [-0.2, 0) is 14.3 Å². The molecule has 0 spiro atoms. The number of nitrogens with one attached hydrogen (secondary N) is 1. The van der Waals surface area contributed by atoms with E-state index in [1.54, 1.807) is 14.7 Å². The topological polar surface area (TPSA) is 142 Å². The van der Waals surface area contributed by atoms with Gasteiger partial charge in [0.15, 0.2) is 6.61 Å². The highest BCUT2D eigenvalue weighted by Gasteiger charge is 2.27. The number of aliphatic hydroxyl groups is 1. The molecule has 3 heterocycles. The first-order chi connectivity index (χ1) is 19.2. The van der Waals surface area contributed by atoms with Crippen LogP contribution >= 0.6 is 0 Å². The minimum absolute atomic E-state index is 0.0598. The third-order valence-corrected chi connectivity index (χ3v) is 7.04. The average molecular weight is 556 g/mol. The van der Waals surface area contributed by atoms with Gasteiger partial charge in [-0.1, -0.05) is 19.4 Å². The number of ether oxygens (including phenoxy) is 2. The van der Waals surface area contributed by atoms with E-state index in [0.717, 1.165) is 18.4 Å². The summed E-state index contributed by atoms with van der Waals surface area (Å²) in [6.07, 6.45) is 1.39. The second kappa shape index (κ2) is 13.4. The van der Waals surface area contributed by atoms with Gasteiger partial charge in [-0.3, -0.25) is 14.4 Å². The van der Waals surface area contributed by atoms with E-state index in [-0.39, 0.29) is 43.3 Å². The predicted molar refractivity (Wildman–Crippen MR) is 146 cm³/mol. The Kier molecular flexibility index (Phi) is 9.75. The van der Waals surface area contributed by atoms with Crippen LogP contribution in [0.4, 0.5) is 4.79 Å². The lowest BCUT2D eigenvalue weighted by Gasteiger charge is -2.34. The molecule has 0 radical (unpaired) electrons. The van der Waals surface area contributed by atoms with Crippen molar-refractivity contribution in [3.05, 3.63) is 35.5 Å². The van der Waals surface area contributed by atoms with E-state index in [0.29, 0.717) is 62.4 Å². The molecule has 1 unspecified atom stereocenters. The van der Waals surface area contributed by atoms with Crippen molar-refractivity contribution in [2.24, 2.45) is 0 Å². The minimum atomic E-state index is -0.547. The molecule has 2 aromatic rings. The van der Waals surface area contributed by atoms with Crippen molar-refractivity contribution in [1.29, 1.82) is 0 Å². The Hall–Kier alpha value is -3.93. The van der Waals surface area contributed by atoms with Crippen LogP contribution in [0.3, 0.4) is 0 Å². The lowest BCUT2D eigenvalue weighted by molar-refractivity contribution is -0.133. The molecule has 2 fully saturated rings. The normalized spacial score (nSPS) is 17.2. The van der Waals surface area contributed by atoms with Gasteiger partial charge in [0, 0.05) is 50.7 Å². The number of unbranched alkanes of at least 4 members (excludes halogenated alkanes) is 1. The van der Waals surface area contributed by atoms with Gasteiger partial charge in [0.05, 0.1) is 24.8 Å². The average Bonchev–Trinajstić information content (AvgIpc) is 3.40. The summed E-state index contributed by atoms with van der Waals surface area (Å²) in [6.45, 7) is 6.03. The van der Waals surface area contributed by atoms with E-state index in [9.17, 15) is 24.3 Å². The van der Waals surface area contributed by atoms with Gasteiger partial charge in [-0.15, -0.1) is 0 Å². The van der Waals surface area contributed by atoms with Crippen LogP contribution in [-0.4, -0.2) is 114 Å². The Bertz CT molecular complexity index is 1250. The summed E-state index contributed by atoms with van der Waals surface area (Å²) in [6, 6.07) is 6.99. The van der Waals surface area contributed by atoms with E-state index in [1.165, 1.54) is 6.07 Å². The second-order valence-corrected chi connectivity index (χ2v) is 10.1. The Labute approximate surface area is 233 Å². The summed E-state index contributed by atoms with van der Waals surface area (Å²) in [5.41, 5.74) is 1.53. The SMILES string of the molecule is CCCCOC(=O)N1CCN(C(=O)CNC(=O)c2cc(OCC(=O)N3CCC(O)C3)c3ccc(C)cc3n2)CC1. The van der Waals surface area contributed by atoms with Crippen molar-refractivity contribution >= 4 is 34.7 Å². The Morgan fingerprint density at radius 3 is 2.48 bits per heavy atom. The number of pyridine rings is 1. The highest BCUT2D eigenvalue weighted by molar-refractivity contribution is 5.98. The van der Waals surface area contributed by atoms with Crippen LogP contribution in [0, 0.1) is 6.92 Å². The number of piperazine rings is 1. The van der Waals surface area contributed by atoms with Crippen LogP contribution < -0.4 is 10.1 Å². The van der Waals surface area contributed by atoms with Gasteiger partial charge in [0.2, 0.25) is 5.91 Å². The standard InChI is InChI=1S/C28H37N5O7/c1-3-4-13-39-28(38)32-11-9-31(10-12-32)25(35)16-29-27(37)23-15-24(21-6-5-19(2)14-22(21)30-23)40-18-26(36)33-8-7-20(34)17-33/h5-6,14-15,20,34H,3-4,7-13,16-18H2,1-2H3,(H,29,37). The van der Waals surface area contributed by atoms with Gasteiger partial charge < -0.3 is 34.6 Å². The molecule has 2 saturated heterocycles. The number of benzene rings is 1. The number of β-amino-alcohol motifs (C(OH)–C–C–N with tert-alkyl or cyclic N) is 1. The first-order valence-corrected chi connectivity index (χ1v) is 13.7. The highest BCUT2D eigenvalue weighted by atomic mass is 16.6. The molecule has 1 aromatic carbocycles. The number of carbonyl (C=O) groups excluding carboxylic acids is 4. The molecule has 2 aliphatic heterocycles. The second-order valence-electron chi connectivity index (χ2n) is 10.1. The molecule has 1 atom stereocenters. The largest absolute Gasteiger partial charge is 0.483 e. The molecule has 216 valence electrons. The number of amides is 4. The maximum absolute atomic E-state index is 13.0. The molecule has 2 N–H and O–H groups in total. The van der Waals surface area contributed by atoms with E-state index >= 15 is 0 Å². The third-order valence-electron chi connectivity index (χ3n) is 7.04. The monoisotopic (exact) mass is 555 g/mol. The number of likely N-dealkylation sites (tertiary alicyclic amines) is 1. The number of hydrogen-bond donors (Lipinski definition) is 2. The molecule has 0 aliphatic carbocycles. The molecule has 4 rings (SSSR count). The van der Waals surface area contributed by atoms with Crippen molar-refractivity contribution in [1.82, 2.24) is 25.0 Å². The number of aryl methyl sites for hydroxylation is 1. The molecule has 2 aliphatic rings. The quantitative estimate of drug-likeness (QED) is 0.442. The first-order valence-electron chi connectivity index (χ1n) is 13.7. The molecule has 0 saturated carbocycles. The number of aliphatic hydroxyl groups excluding tert-OH is 1. The lowest BCUT2D eigenvalue weighted by atomic mass is 10.1. The number of rotatable bonds is 9. The maximum Gasteiger partial charge on any atom is 0.409 e. The number of carbonyl (C=O) groups is 4. The molecular formula is C28H37N5O7. The molecular weight excluding hydrogens is 518 g/mol. The van der Waals surface area contributed by atoms with E-state index in [1.807, 2.05) is 32.0 Å².